The van der Waals surface area contributed by atoms with Gasteiger partial charge in [-0.05, 0) is 85.8 Å². The highest BCUT2D eigenvalue weighted by Crippen LogP contribution is 2.38. The lowest BCUT2D eigenvalue weighted by Crippen LogP contribution is -2.52. The molecule has 1 amide bonds. The average Bonchev–Trinajstić information content (AvgIpc) is 3.38. The number of hydrogen-bond donors (Lipinski definition) is 3. The number of hydrogen-bond acceptors (Lipinski definition) is 6. The van der Waals surface area contributed by atoms with Crippen molar-refractivity contribution in [3.63, 3.8) is 0 Å². The van der Waals surface area contributed by atoms with Crippen molar-refractivity contribution >= 4 is 39.6 Å². The largest absolute Gasteiger partial charge is 0.495 e. The first-order valence-electron chi connectivity index (χ1n) is 15.2. The highest BCUT2D eigenvalue weighted by molar-refractivity contribution is 5.96. The predicted octanol–water partition coefficient (Wildman–Crippen LogP) is 6.54. The Morgan fingerprint density at radius 1 is 1.02 bits per heavy atom. The summed E-state index contributed by atoms with van der Waals surface area (Å²) in [6, 6.07) is 20.0. The van der Waals surface area contributed by atoms with Gasteiger partial charge in [-0.15, -0.1) is 0 Å². The van der Waals surface area contributed by atoms with Gasteiger partial charge in [0.15, 0.2) is 0 Å². The lowest BCUT2D eigenvalue weighted by atomic mass is 9.84. The number of alkyl halides is 3. The summed E-state index contributed by atoms with van der Waals surface area (Å²) in [5.41, 5.74) is 4.48. The number of amides is 1. The van der Waals surface area contributed by atoms with Gasteiger partial charge in [0.05, 0.1) is 42.8 Å². The molecule has 46 heavy (non-hydrogen) atoms. The molecule has 3 aromatic carbocycles. The van der Waals surface area contributed by atoms with Crippen molar-refractivity contribution in [2.45, 2.75) is 37.6 Å². The first-order valence-corrected chi connectivity index (χ1v) is 15.2. The minimum atomic E-state index is -4.43. The molecule has 0 saturated carbocycles. The fraction of sp³-hybridized carbons (Fsp3) is 0.343. The van der Waals surface area contributed by atoms with Crippen LogP contribution >= 0.6 is 0 Å². The minimum Gasteiger partial charge on any atom is -0.495 e. The van der Waals surface area contributed by atoms with Crippen LogP contribution in [0.3, 0.4) is 0 Å². The molecule has 1 spiro atoms. The molecular formula is C35H36F3N5O3. The molecule has 0 atom stereocenters. The van der Waals surface area contributed by atoms with Gasteiger partial charge in [-0.25, -0.2) is 0 Å². The Kier molecular flexibility index (Phi) is 8.73. The van der Waals surface area contributed by atoms with E-state index in [9.17, 15) is 18.0 Å². The Hall–Kier alpha value is -4.82. The second-order valence-corrected chi connectivity index (χ2v) is 11.6. The van der Waals surface area contributed by atoms with E-state index in [1.54, 1.807) is 43.4 Å². The first-order chi connectivity index (χ1) is 22.2. The molecule has 0 aliphatic carbocycles. The number of benzene rings is 3. The van der Waals surface area contributed by atoms with Crippen LogP contribution < -0.4 is 25.6 Å². The molecule has 1 aromatic heterocycles. The lowest BCUT2D eigenvalue weighted by Gasteiger charge is -2.48. The number of nitrogens with zero attached hydrogens (tertiary/aromatic N) is 2. The van der Waals surface area contributed by atoms with Gasteiger partial charge in [0.25, 0.3) is 5.91 Å². The fourth-order valence-corrected chi connectivity index (χ4v) is 6.11. The molecule has 0 radical (unpaired) electrons. The van der Waals surface area contributed by atoms with Gasteiger partial charge in [0.1, 0.15) is 12.3 Å². The van der Waals surface area contributed by atoms with E-state index in [1.165, 1.54) is 11.7 Å². The number of rotatable bonds is 8. The maximum absolute atomic E-state index is 13.7. The smallest absolute Gasteiger partial charge is 0.406 e. The zero-order valence-electron chi connectivity index (χ0n) is 25.8. The van der Waals surface area contributed by atoms with Gasteiger partial charge < -0.3 is 34.9 Å². The van der Waals surface area contributed by atoms with Crippen LogP contribution in [0.25, 0.3) is 10.9 Å². The number of methoxy groups -OCH3 is 1. The third kappa shape index (κ3) is 6.72. The maximum atomic E-state index is 13.7. The highest BCUT2D eigenvalue weighted by Gasteiger charge is 2.41. The van der Waals surface area contributed by atoms with E-state index >= 15 is 0 Å². The van der Waals surface area contributed by atoms with Gasteiger partial charge in [-0.3, -0.25) is 4.79 Å². The molecule has 8 nitrogen and oxygen atoms in total. The van der Waals surface area contributed by atoms with E-state index < -0.39 is 12.7 Å². The zero-order chi connectivity index (χ0) is 32.3. The number of carbonyl (C=O) groups excluding carboxylic acids is 1. The normalized spacial score (nSPS) is 15.5. The SMILES string of the molecule is CNC(=O)c1ccc(NCC#Cc2cc3c(Nc4ccc(N5CCC6(CCO6)CC5)cc4)cccc3n2CC(F)(F)F)c(OC)c1. The molecule has 2 saturated heterocycles. The molecule has 0 bridgehead atoms. The van der Waals surface area contributed by atoms with Crippen molar-refractivity contribution in [3.8, 4) is 17.6 Å². The fourth-order valence-electron chi connectivity index (χ4n) is 6.11. The van der Waals surface area contributed by atoms with Gasteiger partial charge in [-0.2, -0.15) is 13.2 Å². The van der Waals surface area contributed by atoms with E-state index in [4.69, 9.17) is 9.47 Å². The number of nitrogens with one attached hydrogen (secondary N) is 3. The monoisotopic (exact) mass is 631 g/mol. The summed E-state index contributed by atoms with van der Waals surface area (Å²) in [6.45, 7) is 1.75. The van der Waals surface area contributed by atoms with Crippen LogP contribution in [0.4, 0.5) is 35.9 Å². The lowest BCUT2D eigenvalue weighted by molar-refractivity contribution is -0.158. The topological polar surface area (TPSA) is 79.8 Å². The van der Waals surface area contributed by atoms with Crippen molar-refractivity contribution in [1.82, 2.24) is 9.88 Å². The summed E-state index contributed by atoms with van der Waals surface area (Å²) >= 11 is 0. The Morgan fingerprint density at radius 2 is 1.78 bits per heavy atom. The van der Waals surface area contributed by atoms with Crippen LogP contribution in [0.1, 0.15) is 35.3 Å². The molecule has 2 fully saturated rings. The summed E-state index contributed by atoms with van der Waals surface area (Å²) in [6.07, 6.45) is -1.22. The maximum Gasteiger partial charge on any atom is 0.406 e. The molecule has 4 aromatic rings. The first kappa shape index (κ1) is 31.2. The van der Waals surface area contributed by atoms with E-state index in [1.807, 2.05) is 18.2 Å². The minimum absolute atomic E-state index is 0.0909. The van der Waals surface area contributed by atoms with Crippen LogP contribution in [0.5, 0.6) is 5.75 Å². The molecule has 2 aliphatic heterocycles. The van der Waals surface area contributed by atoms with Gasteiger partial charge in [0.2, 0.25) is 0 Å². The second kappa shape index (κ2) is 12.9. The van der Waals surface area contributed by atoms with Crippen molar-refractivity contribution in [2.75, 3.05) is 55.9 Å². The van der Waals surface area contributed by atoms with E-state index in [0.29, 0.717) is 33.6 Å². The summed E-state index contributed by atoms with van der Waals surface area (Å²) in [7, 11) is 3.03. The van der Waals surface area contributed by atoms with Crippen molar-refractivity contribution < 1.29 is 27.4 Å². The molecule has 3 heterocycles. The Bertz CT molecular complexity index is 1780. The summed E-state index contributed by atoms with van der Waals surface area (Å²) in [5.74, 6) is 6.07. The number of carbonyl (C=O) groups is 1. The number of anilines is 4. The number of piperidine rings is 1. The zero-order valence-corrected chi connectivity index (χ0v) is 25.8. The molecule has 6 rings (SSSR count). The molecule has 11 heteroatoms. The molecule has 3 N–H and O–H groups in total. The summed E-state index contributed by atoms with van der Waals surface area (Å²) in [5, 5.41) is 9.72. The van der Waals surface area contributed by atoms with E-state index in [0.717, 1.165) is 50.3 Å². The molecular weight excluding hydrogens is 595 g/mol. The van der Waals surface area contributed by atoms with Crippen molar-refractivity contribution in [2.24, 2.45) is 0 Å². The van der Waals surface area contributed by atoms with E-state index in [2.05, 4.69) is 44.8 Å². The van der Waals surface area contributed by atoms with E-state index in [-0.39, 0.29) is 23.7 Å². The van der Waals surface area contributed by atoms with Crippen LogP contribution in [-0.2, 0) is 11.3 Å². The van der Waals surface area contributed by atoms with Crippen LogP contribution in [0.2, 0.25) is 0 Å². The van der Waals surface area contributed by atoms with Crippen LogP contribution in [-0.4, -0.2) is 62.7 Å². The third-order valence-electron chi connectivity index (χ3n) is 8.71. The summed E-state index contributed by atoms with van der Waals surface area (Å²) < 4.78 is 53.5. The second-order valence-electron chi connectivity index (χ2n) is 11.6. The number of ether oxygens (including phenoxy) is 2. The molecule has 0 unspecified atom stereocenters. The van der Waals surface area contributed by atoms with Gasteiger partial charge in [0, 0.05) is 48.1 Å². The average molecular weight is 632 g/mol. The van der Waals surface area contributed by atoms with Gasteiger partial charge >= 0.3 is 6.18 Å². The standard InChI is InChI=1S/C35H36F3N5O3/c1-39-33(44)24-8-13-30(32(21-24)45-2)40-17-4-5-27-22-28-29(6-3-7-31(28)43(27)23-35(36,37)38)41-25-9-11-26(12-10-25)42-18-14-34(15-19-42)16-20-46-34/h3,6-13,21-22,40-41H,14-20,23H2,1-2H3,(H,39,44). The predicted molar refractivity (Wildman–Crippen MR) is 174 cm³/mol. The molecule has 240 valence electrons. The van der Waals surface area contributed by atoms with Crippen molar-refractivity contribution in [3.05, 3.63) is 78.0 Å². The summed E-state index contributed by atoms with van der Waals surface area (Å²) in [4.78, 5) is 14.3. The van der Waals surface area contributed by atoms with Crippen LogP contribution in [0, 0.1) is 11.8 Å². The Balaban J connectivity index is 1.20. The number of fused-ring (bicyclic) bond motifs is 1. The number of aromatic nitrogens is 1. The quantitative estimate of drug-likeness (QED) is 0.192. The third-order valence-corrected chi connectivity index (χ3v) is 8.71. The molecule has 2 aliphatic rings. The Morgan fingerprint density at radius 3 is 2.43 bits per heavy atom. The number of halogens is 3. The van der Waals surface area contributed by atoms with Crippen LogP contribution in [0.15, 0.2) is 66.7 Å². The van der Waals surface area contributed by atoms with Gasteiger partial charge in [-0.1, -0.05) is 12.0 Å². The Labute approximate surface area is 265 Å². The highest BCUT2D eigenvalue weighted by atomic mass is 19.4. The van der Waals surface area contributed by atoms with Crippen molar-refractivity contribution in [1.29, 1.82) is 0 Å².